The second-order valence-electron chi connectivity index (χ2n) is 5.81. The van der Waals surface area contributed by atoms with E-state index >= 15 is 0 Å². The molecule has 0 aromatic heterocycles. The number of hydrogen-bond donors (Lipinski definition) is 0. The number of unbranched alkanes of at least 4 members (excludes halogenated alkanes) is 3. The summed E-state index contributed by atoms with van der Waals surface area (Å²) in [5, 5.41) is 0. The number of rotatable bonds is 9. The minimum absolute atomic E-state index is 0.187. The first-order chi connectivity index (χ1) is 11.2. The quantitative estimate of drug-likeness (QED) is 0.573. The van der Waals surface area contributed by atoms with Gasteiger partial charge in [-0.15, -0.1) is 0 Å². The Balaban J connectivity index is 2.07. The minimum atomic E-state index is -0.187. The van der Waals surface area contributed by atoms with Crippen LogP contribution in [0.25, 0.3) is 0 Å². The van der Waals surface area contributed by atoms with Crippen LogP contribution >= 0.6 is 0 Å². The van der Waals surface area contributed by atoms with E-state index in [4.69, 9.17) is 4.74 Å². The van der Waals surface area contributed by atoms with Crippen molar-refractivity contribution in [1.29, 1.82) is 0 Å². The van der Waals surface area contributed by atoms with Crippen LogP contribution in [0.5, 0.6) is 5.75 Å². The predicted molar refractivity (Wildman–Crippen MR) is 94.6 cm³/mol. The third kappa shape index (κ3) is 5.59. The Morgan fingerprint density at radius 1 is 0.913 bits per heavy atom. The summed E-state index contributed by atoms with van der Waals surface area (Å²) in [6.07, 6.45) is 4.92. The molecule has 0 heterocycles. The normalized spacial score (nSPS) is 10.6. The van der Waals surface area contributed by atoms with E-state index in [1.807, 2.05) is 24.3 Å². The van der Waals surface area contributed by atoms with E-state index in [9.17, 15) is 4.39 Å². The predicted octanol–water partition coefficient (Wildman–Crippen LogP) is 5.42. The van der Waals surface area contributed by atoms with Gasteiger partial charge >= 0.3 is 0 Å². The summed E-state index contributed by atoms with van der Waals surface area (Å²) in [6.45, 7) is 4.02. The Morgan fingerprint density at radius 2 is 1.61 bits per heavy atom. The summed E-state index contributed by atoms with van der Waals surface area (Å²) in [5.41, 5.74) is 2.30. The van der Waals surface area contributed by atoms with Gasteiger partial charge in [-0.25, -0.2) is 4.39 Å². The molecule has 2 rings (SSSR count). The first-order valence-corrected chi connectivity index (χ1v) is 8.36. The summed E-state index contributed by atoms with van der Waals surface area (Å²) in [4.78, 5) is 2.35. The first kappa shape index (κ1) is 17.3. The van der Waals surface area contributed by atoms with E-state index in [-0.39, 0.29) is 5.82 Å². The fraction of sp³-hybridized carbons (Fsp3) is 0.400. The molecule has 0 aliphatic heterocycles. The van der Waals surface area contributed by atoms with Crippen LogP contribution in [0.15, 0.2) is 48.5 Å². The topological polar surface area (TPSA) is 12.5 Å². The molecule has 3 heteroatoms. The summed E-state index contributed by atoms with van der Waals surface area (Å²) in [7, 11) is 1.68. The number of halogens is 1. The lowest BCUT2D eigenvalue weighted by molar-refractivity contribution is 0.415. The van der Waals surface area contributed by atoms with Crippen LogP contribution in [0.4, 0.5) is 10.1 Å². The SMILES string of the molecule is CCCCCCN(Cc1ccc(F)cc1)c1ccc(OC)cc1. The second-order valence-corrected chi connectivity index (χ2v) is 5.81. The minimum Gasteiger partial charge on any atom is -0.497 e. The van der Waals surface area contributed by atoms with E-state index in [0.29, 0.717) is 0 Å². The van der Waals surface area contributed by atoms with Crippen LogP contribution in [-0.4, -0.2) is 13.7 Å². The highest BCUT2D eigenvalue weighted by Crippen LogP contribution is 2.22. The molecular weight excluding hydrogens is 289 g/mol. The van der Waals surface area contributed by atoms with E-state index in [0.717, 1.165) is 24.4 Å². The lowest BCUT2D eigenvalue weighted by Gasteiger charge is -2.25. The highest BCUT2D eigenvalue weighted by molar-refractivity contribution is 5.49. The van der Waals surface area contributed by atoms with Crippen LogP contribution in [0.3, 0.4) is 0 Å². The monoisotopic (exact) mass is 315 g/mol. The molecule has 124 valence electrons. The van der Waals surface area contributed by atoms with Crippen molar-refractivity contribution in [3.05, 3.63) is 59.9 Å². The average Bonchev–Trinajstić information content (AvgIpc) is 2.59. The van der Waals surface area contributed by atoms with Crippen molar-refractivity contribution in [3.63, 3.8) is 0 Å². The fourth-order valence-corrected chi connectivity index (χ4v) is 2.63. The molecule has 0 amide bonds. The molecular formula is C20H26FNO. The van der Waals surface area contributed by atoms with Crippen LogP contribution in [0, 0.1) is 5.82 Å². The molecule has 0 aliphatic rings. The van der Waals surface area contributed by atoms with Gasteiger partial charge in [-0.3, -0.25) is 0 Å². The van der Waals surface area contributed by atoms with E-state index in [1.165, 1.54) is 43.5 Å². The Kier molecular flexibility index (Phi) is 6.92. The zero-order valence-electron chi connectivity index (χ0n) is 14.1. The summed E-state index contributed by atoms with van der Waals surface area (Å²) in [6, 6.07) is 14.9. The zero-order valence-corrected chi connectivity index (χ0v) is 14.1. The van der Waals surface area contributed by atoms with E-state index < -0.39 is 0 Å². The van der Waals surface area contributed by atoms with Crippen LogP contribution in [0.1, 0.15) is 38.2 Å². The first-order valence-electron chi connectivity index (χ1n) is 8.36. The number of methoxy groups -OCH3 is 1. The second kappa shape index (κ2) is 9.19. The molecule has 0 fully saturated rings. The van der Waals surface area contributed by atoms with Gasteiger partial charge in [-0.05, 0) is 48.4 Å². The van der Waals surface area contributed by atoms with Gasteiger partial charge in [0.15, 0.2) is 0 Å². The van der Waals surface area contributed by atoms with Crippen molar-refractivity contribution >= 4 is 5.69 Å². The largest absolute Gasteiger partial charge is 0.497 e. The number of ether oxygens (including phenoxy) is 1. The van der Waals surface area contributed by atoms with Crippen molar-refractivity contribution in [2.45, 2.75) is 39.2 Å². The molecule has 0 atom stereocenters. The smallest absolute Gasteiger partial charge is 0.123 e. The Bertz CT molecular complexity index is 565. The van der Waals surface area contributed by atoms with Gasteiger partial charge in [0.2, 0.25) is 0 Å². The Labute approximate surface area is 138 Å². The van der Waals surface area contributed by atoms with Crippen molar-refractivity contribution in [2.75, 3.05) is 18.6 Å². The van der Waals surface area contributed by atoms with Gasteiger partial charge in [-0.1, -0.05) is 38.3 Å². The molecule has 0 unspecified atom stereocenters. The maximum absolute atomic E-state index is 13.1. The van der Waals surface area contributed by atoms with Gasteiger partial charge in [0.1, 0.15) is 11.6 Å². The molecule has 2 aromatic rings. The average molecular weight is 315 g/mol. The summed E-state index contributed by atoms with van der Waals surface area (Å²) in [5.74, 6) is 0.675. The van der Waals surface area contributed by atoms with Gasteiger partial charge in [0.25, 0.3) is 0 Å². The number of nitrogens with zero attached hydrogens (tertiary/aromatic N) is 1. The lowest BCUT2D eigenvalue weighted by Crippen LogP contribution is -2.23. The van der Waals surface area contributed by atoms with Crippen LogP contribution < -0.4 is 9.64 Å². The van der Waals surface area contributed by atoms with Crippen molar-refractivity contribution < 1.29 is 9.13 Å². The maximum Gasteiger partial charge on any atom is 0.123 e. The third-order valence-corrected chi connectivity index (χ3v) is 4.01. The molecule has 0 bridgehead atoms. The van der Waals surface area contributed by atoms with Gasteiger partial charge in [0.05, 0.1) is 7.11 Å². The molecule has 0 saturated carbocycles. The van der Waals surface area contributed by atoms with Crippen molar-refractivity contribution in [2.24, 2.45) is 0 Å². The number of benzene rings is 2. The van der Waals surface area contributed by atoms with Crippen LogP contribution in [-0.2, 0) is 6.54 Å². The third-order valence-electron chi connectivity index (χ3n) is 4.01. The van der Waals surface area contributed by atoms with Crippen LogP contribution in [0.2, 0.25) is 0 Å². The molecule has 2 nitrogen and oxygen atoms in total. The molecule has 0 radical (unpaired) electrons. The molecule has 23 heavy (non-hydrogen) atoms. The van der Waals surface area contributed by atoms with Crippen molar-refractivity contribution in [1.82, 2.24) is 0 Å². The number of anilines is 1. The molecule has 2 aromatic carbocycles. The molecule has 0 saturated heterocycles. The maximum atomic E-state index is 13.1. The summed E-state index contributed by atoms with van der Waals surface area (Å²) < 4.78 is 18.3. The standard InChI is InChI=1S/C20H26FNO/c1-3-4-5-6-15-22(16-17-7-9-18(21)10-8-17)19-11-13-20(23-2)14-12-19/h7-14H,3-6,15-16H2,1-2H3. The van der Waals surface area contributed by atoms with E-state index in [1.54, 1.807) is 7.11 Å². The van der Waals surface area contributed by atoms with Gasteiger partial charge in [-0.2, -0.15) is 0 Å². The van der Waals surface area contributed by atoms with E-state index in [2.05, 4.69) is 24.0 Å². The van der Waals surface area contributed by atoms with Gasteiger partial charge in [0, 0.05) is 18.8 Å². The lowest BCUT2D eigenvalue weighted by atomic mass is 10.1. The Morgan fingerprint density at radius 3 is 2.22 bits per heavy atom. The molecule has 0 N–H and O–H groups in total. The van der Waals surface area contributed by atoms with Crippen molar-refractivity contribution in [3.8, 4) is 5.75 Å². The van der Waals surface area contributed by atoms with Gasteiger partial charge < -0.3 is 9.64 Å². The molecule has 0 spiro atoms. The highest BCUT2D eigenvalue weighted by Gasteiger charge is 2.08. The fourth-order valence-electron chi connectivity index (χ4n) is 2.63. The summed E-state index contributed by atoms with van der Waals surface area (Å²) >= 11 is 0. The highest BCUT2D eigenvalue weighted by atomic mass is 19.1. The molecule has 0 aliphatic carbocycles. The zero-order chi connectivity index (χ0) is 16.5. The Hall–Kier alpha value is -2.03. The number of hydrogen-bond acceptors (Lipinski definition) is 2.